The summed E-state index contributed by atoms with van der Waals surface area (Å²) in [6, 6.07) is 5.15. The SMILES string of the molecule is N[C@@H]1C(=O)N2C(C(=O)OCc3ccc([N+](=O)[O-])cc3)=C(C3CCCO3)CSC12. The zero-order chi connectivity index (χ0) is 19.8. The summed E-state index contributed by atoms with van der Waals surface area (Å²) in [6.07, 6.45) is 1.51. The molecule has 3 heterocycles. The van der Waals surface area contributed by atoms with Gasteiger partial charge in [0, 0.05) is 24.5 Å². The van der Waals surface area contributed by atoms with Gasteiger partial charge in [-0.3, -0.25) is 19.8 Å². The second-order valence-electron chi connectivity index (χ2n) is 6.81. The number of hydrogen-bond donors (Lipinski definition) is 1. The molecule has 148 valence electrons. The molecule has 2 unspecified atom stereocenters. The summed E-state index contributed by atoms with van der Waals surface area (Å²) in [7, 11) is 0. The highest BCUT2D eigenvalue weighted by Crippen LogP contribution is 2.42. The summed E-state index contributed by atoms with van der Waals surface area (Å²) in [6.45, 7) is 0.575. The average molecular weight is 405 g/mol. The summed E-state index contributed by atoms with van der Waals surface area (Å²) < 4.78 is 11.2. The number of nitro benzene ring substituents is 1. The molecule has 3 atom stereocenters. The fourth-order valence-corrected chi connectivity index (χ4v) is 4.91. The van der Waals surface area contributed by atoms with Crippen LogP contribution >= 0.6 is 11.8 Å². The van der Waals surface area contributed by atoms with Gasteiger partial charge in [-0.15, -0.1) is 11.8 Å². The Morgan fingerprint density at radius 1 is 1.39 bits per heavy atom. The molecule has 2 saturated heterocycles. The van der Waals surface area contributed by atoms with Gasteiger partial charge in [0.25, 0.3) is 5.69 Å². The van der Waals surface area contributed by atoms with Crippen molar-refractivity contribution in [1.82, 2.24) is 4.90 Å². The van der Waals surface area contributed by atoms with Gasteiger partial charge in [-0.25, -0.2) is 4.79 Å². The minimum absolute atomic E-state index is 0.0363. The molecule has 0 bridgehead atoms. The van der Waals surface area contributed by atoms with E-state index in [1.807, 2.05) is 0 Å². The second kappa shape index (κ2) is 7.53. The van der Waals surface area contributed by atoms with Crippen molar-refractivity contribution in [3.05, 3.63) is 51.2 Å². The number of nitrogens with two attached hydrogens (primary N) is 1. The summed E-state index contributed by atoms with van der Waals surface area (Å²) in [5.41, 5.74) is 7.46. The molecule has 3 aliphatic rings. The van der Waals surface area contributed by atoms with E-state index in [2.05, 4.69) is 0 Å². The Bertz CT molecular complexity index is 849. The molecule has 2 fully saturated rings. The van der Waals surface area contributed by atoms with Gasteiger partial charge in [-0.1, -0.05) is 0 Å². The fourth-order valence-electron chi connectivity index (χ4n) is 3.56. The van der Waals surface area contributed by atoms with E-state index < -0.39 is 16.9 Å². The first-order valence-corrected chi connectivity index (χ1v) is 9.97. The molecule has 9 nitrogen and oxygen atoms in total. The molecule has 0 aromatic heterocycles. The number of carbonyl (C=O) groups is 2. The van der Waals surface area contributed by atoms with E-state index >= 15 is 0 Å². The van der Waals surface area contributed by atoms with Crippen molar-refractivity contribution in [2.75, 3.05) is 12.4 Å². The first-order valence-electron chi connectivity index (χ1n) is 8.92. The van der Waals surface area contributed by atoms with E-state index in [0.29, 0.717) is 17.9 Å². The van der Waals surface area contributed by atoms with E-state index in [-0.39, 0.29) is 35.4 Å². The van der Waals surface area contributed by atoms with Crippen LogP contribution in [-0.2, 0) is 25.7 Å². The molecule has 0 saturated carbocycles. The second-order valence-corrected chi connectivity index (χ2v) is 7.92. The van der Waals surface area contributed by atoms with Crippen molar-refractivity contribution in [3.63, 3.8) is 0 Å². The maximum atomic E-state index is 12.9. The summed E-state index contributed by atoms with van der Waals surface area (Å²) in [5.74, 6) is -0.334. The van der Waals surface area contributed by atoms with Crippen molar-refractivity contribution in [2.24, 2.45) is 5.73 Å². The van der Waals surface area contributed by atoms with Crippen LogP contribution in [0.2, 0.25) is 0 Å². The first-order chi connectivity index (χ1) is 13.5. The number of ether oxygens (including phenoxy) is 2. The molecule has 1 aromatic carbocycles. The van der Waals surface area contributed by atoms with E-state index in [1.54, 1.807) is 0 Å². The molecule has 1 aromatic rings. The predicted octanol–water partition coefficient (Wildman–Crippen LogP) is 1.31. The molecule has 1 amide bonds. The number of β-lactam (4-membered cyclic amide) rings is 1. The lowest BCUT2D eigenvalue weighted by molar-refractivity contribution is -0.384. The highest BCUT2D eigenvalue weighted by molar-refractivity contribution is 8.00. The van der Waals surface area contributed by atoms with Crippen LogP contribution in [0, 0.1) is 10.1 Å². The monoisotopic (exact) mass is 405 g/mol. The predicted molar refractivity (Wildman–Crippen MR) is 100.0 cm³/mol. The zero-order valence-corrected chi connectivity index (χ0v) is 15.7. The van der Waals surface area contributed by atoms with Crippen LogP contribution in [0.1, 0.15) is 18.4 Å². The van der Waals surface area contributed by atoms with E-state index in [0.717, 1.165) is 18.4 Å². The van der Waals surface area contributed by atoms with Crippen molar-refractivity contribution < 1.29 is 24.0 Å². The molecule has 0 aliphatic carbocycles. The quantitative estimate of drug-likeness (QED) is 0.336. The van der Waals surface area contributed by atoms with E-state index in [9.17, 15) is 19.7 Å². The van der Waals surface area contributed by atoms with Gasteiger partial charge in [-0.2, -0.15) is 0 Å². The Labute approximate surface area is 165 Å². The van der Waals surface area contributed by atoms with Gasteiger partial charge >= 0.3 is 5.97 Å². The maximum Gasteiger partial charge on any atom is 0.355 e. The van der Waals surface area contributed by atoms with Crippen LogP contribution in [0.4, 0.5) is 5.69 Å². The minimum atomic E-state index is -0.617. The number of fused-ring (bicyclic) bond motifs is 1. The smallest absolute Gasteiger partial charge is 0.355 e. The van der Waals surface area contributed by atoms with Crippen LogP contribution in [0.3, 0.4) is 0 Å². The topological polar surface area (TPSA) is 125 Å². The maximum absolute atomic E-state index is 12.9. The molecule has 3 aliphatic heterocycles. The van der Waals surface area contributed by atoms with Gasteiger partial charge in [-0.05, 0) is 36.1 Å². The van der Waals surface area contributed by atoms with Crippen molar-refractivity contribution in [2.45, 2.75) is 37.0 Å². The van der Waals surface area contributed by atoms with Gasteiger partial charge in [0.15, 0.2) is 0 Å². The Kier molecular flexibility index (Phi) is 5.09. The van der Waals surface area contributed by atoms with Crippen molar-refractivity contribution >= 4 is 29.3 Å². The number of benzene rings is 1. The average Bonchev–Trinajstić information content (AvgIpc) is 3.25. The zero-order valence-electron chi connectivity index (χ0n) is 14.9. The largest absolute Gasteiger partial charge is 0.456 e. The Balaban J connectivity index is 1.53. The molecule has 0 radical (unpaired) electrons. The molecule has 0 spiro atoms. The summed E-state index contributed by atoms with van der Waals surface area (Å²) in [4.78, 5) is 36.8. The van der Waals surface area contributed by atoms with Crippen LogP contribution in [0.25, 0.3) is 0 Å². The number of nitro groups is 1. The molecule has 10 heteroatoms. The number of rotatable bonds is 5. The number of hydrogen-bond acceptors (Lipinski definition) is 8. The highest BCUT2D eigenvalue weighted by atomic mass is 32.2. The third-order valence-corrected chi connectivity index (χ3v) is 6.39. The third kappa shape index (κ3) is 3.27. The summed E-state index contributed by atoms with van der Waals surface area (Å²) >= 11 is 1.53. The number of carbonyl (C=O) groups excluding carboxylic acids is 2. The Morgan fingerprint density at radius 2 is 2.14 bits per heavy atom. The molecular formula is C18H19N3O6S. The Morgan fingerprint density at radius 3 is 2.79 bits per heavy atom. The van der Waals surface area contributed by atoms with Crippen LogP contribution in [0.5, 0.6) is 0 Å². The lowest BCUT2D eigenvalue weighted by Crippen LogP contribution is -2.68. The molecular weight excluding hydrogens is 386 g/mol. The number of non-ortho nitro benzene ring substituents is 1. The first kappa shape index (κ1) is 18.9. The van der Waals surface area contributed by atoms with Crippen LogP contribution in [-0.4, -0.2) is 51.6 Å². The van der Waals surface area contributed by atoms with Crippen LogP contribution in [0.15, 0.2) is 35.5 Å². The van der Waals surface area contributed by atoms with Gasteiger partial charge in [0.05, 0.1) is 11.0 Å². The standard InChI is InChI=1S/C18H19N3O6S/c19-14-16(22)20-15(12(9-28-17(14)20)13-2-1-7-26-13)18(23)27-8-10-3-5-11(6-4-10)21(24)25/h3-6,13-14,17H,1-2,7-9,19H2/t13?,14-,17?/m1/s1. The lowest BCUT2D eigenvalue weighted by atomic mass is 10.00. The molecule has 2 N–H and O–H groups in total. The number of thioether (sulfide) groups is 1. The number of esters is 1. The van der Waals surface area contributed by atoms with Crippen molar-refractivity contribution in [1.29, 1.82) is 0 Å². The van der Waals surface area contributed by atoms with Gasteiger partial charge < -0.3 is 15.2 Å². The normalized spacial score (nSPS) is 26.7. The van der Waals surface area contributed by atoms with E-state index in [4.69, 9.17) is 15.2 Å². The van der Waals surface area contributed by atoms with E-state index in [1.165, 1.54) is 40.9 Å². The third-order valence-electron chi connectivity index (χ3n) is 5.07. The number of amides is 1. The lowest BCUT2D eigenvalue weighted by Gasteiger charge is -2.48. The number of nitrogens with zero attached hydrogens (tertiary/aromatic N) is 2. The van der Waals surface area contributed by atoms with Crippen LogP contribution < -0.4 is 5.73 Å². The molecule has 28 heavy (non-hydrogen) atoms. The Hall–Kier alpha value is -2.43. The van der Waals surface area contributed by atoms with Gasteiger partial charge in [0.1, 0.15) is 23.7 Å². The minimum Gasteiger partial charge on any atom is -0.456 e. The molecule has 4 rings (SSSR count). The van der Waals surface area contributed by atoms with Gasteiger partial charge in [0.2, 0.25) is 5.91 Å². The van der Waals surface area contributed by atoms with Crippen molar-refractivity contribution in [3.8, 4) is 0 Å². The fraction of sp³-hybridized carbons (Fsp3) is 0.444. The highest BCUT2D eigenvalue weighted by Gasteiger charge is 2.53. The summed E-state index contributed by atoms with van der Waals surface area (Å²) in [5, 5.41) is 10.5.